The molecule has 1 unspecified atom stereocenters. The lowest BCUT2D eigenvalue weighted by Gasteiger charge is -2.17. The van der Waals surface area contributed by atoms with E-state index in [1.54, 1.807) is 11.8 Å². The largest absolute Gasteiger partial charge is 0.480 e. The topological polar surface area (TPSA) is 75.6 Å². The van der Waals surface area contributed by atoms with Crippen molar-refractivity contribution in [3.63, 3.8) is 0 Å². The predicted octanol–water partition coefficient (Wildman–Crippen LogP) is 4.51. The summed E-state index contributed by atoms with van der Waals surface area (Å²) < 4.78 is 5.43. The van der Waals surface area contributed by atoms with Crippen molar-refractivity contribution in [2.45, 2.75) is 37.5 Å². The van der Waals surface area contributed by atoms with Crippen LogP contribution < -0.4 is 5.32 Å². The Bertz CT molecular complexity index is 806. The third kappa shape index (κ3) is 4.68. The molecular weight excluding hydrogens is 374 g/mol. The minimum Gasteiger partial charge on any atom is -0.480 e. The summed E-state index contributed by atoms with van der Waals surface area (Å²) in [7, 11) is 0. The maximum atomic E-state index is 12.2. The zero-order valence-corrected chi connectivity index (χ0v) is 16.9. The summed E-state index contributed by atoms with van der Waals surface area (Å²) in [6, 6.07) is 15.2. The molecule has 0 radical (unpaired) electrons. The Labute approximate surface area is 169 Å². The Morgan fingerprint density at radius 1 is 1.07 bits per heavy atom. The molecule has 2 N–H and O–H groups in total. The van der Waals surface area contributed by atoms with Crippen LogP contribution in [0.3, 0.4) is 0 Å². The van der Waals surface area contributed by atoms with E-state index in [2.05, 4.69) is 31.3 Å². The van der Waals surface area contributed by atoms with Gasteiger partial charge in [-0.15, -0.1) is 0 Å². The van der Waals surface area contributed by atoms with E-state index in [0.717, 1.165) is 22.3 Å². The quantitative estimate of drug-likeness (QED) is 0.683. The van der Waals surface area contributed by atoms with Crippen LogP contribution in [0, 0.1) is 0 Å². The zero-order valence-electron chi connectivity index (χ0n) is 16.1. The van der Waals surface area contributed by atoms with Gasteiger partial charge >= 0.3 is 12.1 Å². The highest BCUT2D eigenvalue weighted by Crippen LogP contribution is 2.44. The van der Waals surface area contributed by atoms with Crippen LogP contribution in [-0.2, 0) is 9.53 Å². The fourth-order valence-corrected chi connectivity index (χ4v) is 4.30. The van der Waals surface area contributed by atoms with E-state index in [-0.39, 0.29) is 12.5 Å². The van der Waals surface area contributed by atoms with Crippen molar-refractivity contribution in [3.8, 4) is 11.1 Å². The molecule has 1 amide bonds. The van der Waals surface area contributed by atoms with E-state index in [4.69, 9.17) is 4.74 Å². The molecule has 148 valence electrons. The van der Waals surface area contributed by atoms with Crippen molar-refractivity contribution < 1.29 is 19.4 Å². The predicted molar refractivity (Wildman–Crippen MR) is 112 cm³/mol. The smallest absolute Gasteiger partial charge is 0.407 e. The highest BCUT2D eigenvalue weighted by Gasteiger charge is 2.29. The average Bonchev–Trinajstić information content (AvgIpc) is 2.99. The van der Waals surface area contributed by atoms with Crippen LogP contribution in [0.2, 0.25) is 0 Å². The second-order valence-electron chi connectivity index (χ2n) is 7.07. The Morgan fingerprint density at radius 2 is 1.64 bits per heavy atom. The highest BCUT2D eigenvalue weighted by atomic mass is 32.2. The zero-order chi connectivity index (χ0) is 20.1. The number of hydrogen-bond acceptors (Lipinski definition) is 4. The van der Waals surface area contributed by atoms with Crippen molar-refractivity contribution in [1.29, 1.82) is 0 Å². The molecule has 0 saturated heterocycles. The number of carbonyl (C=O) groups excluding carboxylic acids is 1. The normalized spacial score (nSPS) is 13.7. The van der Waals surface area contributed by atoms with E-state index in [1.165, 1.54) is 0 Å². The van der Waals surface area contributed by atoms with Gasteiger partial charge in [0.15, 0.2) is 0 Å². The van der Waals surface area contributed by atoms with Gasteiger partial charge in [-0.2, -0.15) is 11.8 Å². The number of carboxylic acids is 1. The first-order valence-corrected chi connectivity index (χ1v) is 10.5. The van der Waals surface area contributed by atoms with Gasteiger partial charge in [0.1, 0.15) is 12.6 Å². The molecule has 0 aromatic heterocycles. The number of hydrogen-bond donors (Lipinski definition) is 2. The number of nitrogens with one attached hydrogen (secondary N) is 1. The minimum atomic E-state index is -1.04. The fourth-order valence-electron chi connectivity index (χ4n) is 3.46. The summed E-state index contributed by atoms with van der Waals surface area (Å²) in [4.78, 5) is 23.7. The standard InChI is InChI=1S/C22H25NO4S/c1-14(2)28-12-11-20(21(24)25)23-22(26)27-13-19-17-9-5-3-7-15(17)16-8-4-6-10-18(16)19/h3-10,14,19-20H,11-13H2,1-2H3,(H,23,26)(H,24,25). The van der Waals surface area contributed by atoms with Gasteiger partial charge in [0.2, 0.25) is 0 Å². The first-order chi connectivity index (χ1) is 13.5. The van der Waals surface area contributed by atoms with Crippen molar-refractivity contribution in [3.05, 3.63) is 59.7 Å². The van der Waals surface area contributed by atoms with Crippen LogP contribution in [-0.4, -0.2) is 40.8 Å². The van der Waals surface area contributed by atoms with Crippen LogP contribution >= 0.6 is 11.8 Å². The summed E-state index contributed by atoms with van der Waals surface area (Å²) in [5.41, 5.74) is 4.56. The number of fused-ring (bicyclic) bond motifs is 3. The van der Waals surface area contributed by atoms with Crippen LogP contribution in [0.5, 0.6) is 0 Å². The van der Waals surface area contributed by atoms with Gasteiger partial charge in [0.05, 0.1) is 0 Å². The molecule has 1 aliphatic rings. The maximum absolute atomic E-state index is 12.2. The van der Waals surface area contributed by atoms with E-state index >= 15 is 0 Å². The molecule has 2 aromatic rings. The summed E-state index contributed by atoms with van der Waals surface area (Å²) >= 11 is 1.67. The summed E-state index contributed by atoms with van der Waals surface area (Å²) in [6.07, 6.45) is -0.327. The average molecular weight is 400 g/mol. The molecule has 6 heteroatoms. The van der Waals surface area contributed by atoms with E-state index in [1.807, 2.05) is 36.4 Å². The number of benzene rings is 2. The Balaban J connectivity index is 1.62. The second-order valence-corrected chi connectivity index (χ2v) is 8.75. The first-order valence-electron chi connectivity index (χ1n) is 9.43. The van der Waals surface area contributed by atoms with Crippen molar-refractivity contribution in [2.24, 2.45) is 0 Å². The number of amides is 1. The van der Waals surface area contributed by atoms with E-state index in [0.29, 0.717) is 17.4 Å². The van der Waals surface area contributed by atoms with Crippen molar-refractivity contribution in [1.82, 2.24) is 5.32 Å². The Morgan fingerprint density at radius 3 is 2.18 bits per heavy atom. The number of ether oxygens (including phenoxy) is 1. The lowest BCUT2D eigenvalue weighted by Crippen LogP contribution is -2.41. The number of rotatable bonds is 8. The minimum absolute atomic E-state index is 0.0436. The summed E-state index contributed by atoms with van der Waals surface area (Å²) in [5, 5.41) is 12.3. The van der Waals surface area contributed by atoms with Gasteiger partial charge in [0, 0.05) is 5.92 Å². The lowest BCUT2D eigenvalue weighted by atomic mass is 9.98. The van der Waals surface area contributed by atoms with Crippen molar-refractivity contribution >= 4 is 23.8 Å². The Hall–Kier alpha value is -2.47. The van der Waals surface area contributed by atoms with Crippen LogP contribution in [0.4, 0.5) is 4.79 Å². The molecule has 0 heterocycles. The number of alkyl carbamates (subject to hydrolysis) is 1. The van der Waals surface area contributed by atoms with Crippen LogP contribution in [0.25, 0.3) is 11.1 Å². The number of aliphatic carboxylic acids is 1. The summed E-state index contributed by atoms with van der Waals surface area (Å²) in [5.74, 6) is -0.422. The number of carbonyl (C=O) groups is 2. The van der Waals surface area contributed by atoms with E-state index < -0.39 is 18.1 Å². The van der Waals surface area contributed by atoms with Gasteiger partial charge in [-0.05, 0) is 39.7 Å². The SMILES string of the molecule is CC(C)SCCC(NC(=O)OCC1c2ccccc2-c2ccccc21)C(=O)O. The highest BCUT2D eigenvalue weighted by molar-refractivity contribution is 7.99. The molecule has 2 aromatic carbocycles. The molecule has 0 bridgehead atoms. The summed E-state index contributed by atoms with van der Waals surface area (Å²) in [6.45, 7) is 4.28. The molecular formula is C22H25NO4S. The Kier molecular flexibility index (Phi) is 6.62. The van der Waals surface area contributed by atoms with Gasteiger partial charge in [0.25, 0.3) is 0 Å². The first kappa shape index (κ1) is 20.3. The third-order valence-electron chi connectivity index (χ3n) is 4.79. The van der Waals surface area contributed by atoms with Gasteiger partial charge in [-0.25, -0.2) is 9.59 Å². The van der Waals surface area contributed by atoms with Gasteiger partial charge in [-0.1, -0.05) is 62.4 Å². The molecule has 0 fully saturated rings. The molecule has 3 rings (SSSR count). The fraction of sp³-hybridized carbons (Fsp3) is 0.364. The van der Waals surface area contributed by atoms with Crippen LogP contribution in [0.1, 0.15) is 37.3 Å². The van der Waals surface area contributed by atoms with Gasteiger partial charge in [-0.3, -0.25) is 0 Å². The van der Waals surface area contributed by atoms with Crippen molar-refractivity contribution in [2.75, 3.05) is 12.4 Å². The maximum Gasteiger partial charge on any atom is 0.407 e. The monoisotopic (exact) mass is 399 g/mol. The number of carboxylic acid groups (broad SMARTS) is 1. The lowest BCUT2D eigenvalue weighted by molar-refractivity contribution is -0.139. The second kappa shape index (κ2) is 9.15. The number of thioether (sulfide) groups is 1. The molecule has 1 aliphatic carbocycles. The van der Waals surface area contributed by atoms with Gasteiger partial charge < -0.3 is 15.2 Å². The third-order valence-corrected chi connectivity index (χ3v) is 5.93. The molecule has 5 nitrogen and oxygen atoms in total. The molecule has 28 heavy (non-hydrogen) atoms. The van der Waals surface area contributed by atoms with E-state index in [9.17, 15) is 14.7 Å². The molecule has 0 aliphatic heterocycles. The molecule has 0 spiro atoms. The molecule has 1 atom stereocenters. The van der Waals surface area contributed by atoms with Crippen LogP contribution in [0.15, 0.2) is 48.5 Å². The molecule has 0 saturated carbocycles.